The van der Waals surface area contributed by atoms with Gasteiger partial charge in [0, 0.05) is 23.8 Å². The summed E-state index contributed by atoms with van der Waals surface area (Å²) in [7, 11) is 1.86. The van der Waals surface area contributed by atoms with Gasteiger partial charge in [0.1, 0.15) is 0 Å². The molecule has 3 heteroatoms. The average Bonchev–Trinajstić information content (AvgIpc) is 2.22. The zero-order chi connectivity index (χ0) is 11.9. The molecule has 0 saturated carbocycles. The Morgan fingerprint density at radius 2 is 1.94 bits per heavy atom. The molecule has 0 radical (unpaired) electrons. The first kappa shape index (κ1) is 11.4. The summed E-state index contributed by atoms with van der Waals surface area (Å²) in [6.45, 7) is 3.78. The van der Waals surface area contributed by atoms with Gasteiger partial charge in [-0.3, -0.25) is 4.79 Å². The van der Waals surface area contributed by atoms with E-state index >= 15 is 0 Å². The predicted molar refractivity (Wildman–Crippen MR) is 65.5 cm³/mol. The third-order valence-corrected chi connectivity index (χ3v) is 3.43. The van der Waals surface area contributed by atoms with Crippen LogP contribution in [0, 0.1) is 0 Å². The topological polar surface area (TPSA) is 48.0 Å². The van der Waals surface area contributed by atoms with Gasteiger partial charge in [0.25, 0.3) is 5.56 Å². The molecule has 1 aliphatic carbocycles. The number of nitrogens with zero attached hydrogens (tertiary/aromatic N) is 1. The number of rotatable bonds is 1. The minimum atomic E-state index is -0.554. The Bertz CT molecular complexity index is 466. The van der Waals surface area contributed by atoms with E-state index in [1.807, 2.05) is 27.0 Å². The highest BCUT2D eigenvalue weighted by atomic mass is 16.1. The van der Waals surface area contributed by atoms with Gasteiger partial charge in [-0.2, -0.15) is 0 Å². The van der Waals surface area contributed by atoms with Crippen LogP contribution in [0.15, 0.2) is 10.9 Å². The zero-order valence-electron chi connectivity index (χ0n) is 10.3. The number of aryl methyl sites for hydroxylation is 1. The van der Waals surface area contributed by atoms with Crippen molar-refractivity contribution in [3.8, 4) is 0 Å². The van der Waals surface area contributed by atoms with Gasteiger partial charge in [0.15, 0.2) is 0 Å². The molecule has 2 N–H and O–H groups in total. The summed E-state index contributed by atoms with van der Waals surface area (Å²) in [6, 6.07) is 2.02. The van der Waals surface area contributed by atoms with Crippen molar-refractivity contribution in [2.24, 2.45) is 12.8 Å². The van der Waals surface area contributed by atoms with E-state index in [1.54, 1.807) is 4.57 Å². The number of hydrogen-bond acceptors (Lipinski definition) is 2. The van der Waals surface area contributed by atoms with Crippen molar-refractivity contribution in [1.82, 2.24) is 4.57 Å². The summed E-state index contributed by atoms with van der Waals surface area (Å²) in [6.07, 6.45) is 4.50. The summed E-state index contributed by atoms with van der Waals surface area (Å²) >= 11 is 0. The van der Waals surface area contributed by atoms with Crippen LogP contribution in [0.2, 0.25) is 0 Å². The lowest BCUT2D eigenvalue weighted by atomic mass is 9.89. The number of fused-ring (bicyclic) bond motifs is 1. The van der Waals surface area contributed by atoms with Crippen LogP contribution in [0.3, 0.4) is 0 Å². The van der Waals surface area contributed by atoms with Crippen molar-refractivity contribution in [2.75, 3.05) is 0 Å². The zero-order valence-corrected chi connectivity index (χ0v) is 10.3. The van der Waals surface area contributed by atoms with Gasteiger partial charge in [-0.05, 0) is 51.2 Å². The lowest BCUT2D eigenvalue weighted by molar-refractivity contribution is 0.528. The molecule has 0 fully saturated rings. The number of pyridine rings is 1. The molecule has 0 spiro atoms. The Hall–Kier alpha value is -1.09. The van der Waals surface area contributed by atoms with Crippen LogP contribution in [-0.2, 0) is 25.4 Å². The van der Waals surface area contributed by atoms with E-state index < -0.39 is 5.54 Å². The van der Waals surface area contributed by atoms with E-state index in [4.69, 9.17) is 5.73 Å². The van der Waals surface area contributed by atoms with Crippen molar-refractivity contribution in [3.63, 3.8) is 0 Å². The second-order valence-corrected chi connectivity index (χ2v) is 5.32. The van der Waals surface area contributed by atoms with Crippen LogP contribution < -0.4 is 11.3 Å². The van der Waals surface area contributed by atoms with Crippen molar-refractivity contribution >= 4 is 0 Å². The molecule has 0 unspecified atom stereocenters. The average molecular weight is 220 g/mol. The lowest BCUT2D eigenvalue weighted by Gasteiger charge is -2.25. The summed E-state index contributed by atoms with van der Waals surface area (Å²) in [5.74, 6) is 0. The molecule has 0 saturated heterocycles. The molecule has 1 aromatic rings. The SMILES string of the molecule is Cn1c2c(cc(C(C)(C)N)c1=O)CCCC2. The van der Waals surface area contributed by atoms with Crippen LogP contribution in [0.1, 0.15) is 43.5 Å². The van der Waals surface area contributed by atoms with Crippen LogP contribution in [-0.4, -0.2) is 4.57 Å². The van der Waals surface area contributed by atoms with E-state index in [2.05, 4.69) is 0 Å². The van der Waals surface area contributed by atoms with Gasteiger partial charge in [-0.25, -0.2) is 0 Å². The summed E-state index contributed by atoms with van der Waals surface area (Å²) in [5, 5.41) is 0. The largest absolute Gasteiger partial charge is 0.322 e. The molecule has 1 aliphatic rings. The first-order chi connectivity index (χ1) is 7.41. The van der Waals surface area contributed by atoms with Crippen LogP contribution in [0.4, 0.5) is 0 Å². The van der Waals surface area contributed by atoms with Crippen LogP contribution in [0.25, 0.3) is 0 Å². The molecular weight excluding hydrogens is 200 g/mol. The number of aromatic nitrogens is 1. The summed E-state index contributed by atoms with van der Waals surface area (Å²) in [4.78, 5) is 12.2. The fraction of sp³-hybridized carbons (Fsp3) is 0.615. The first-order valence-corrected chi connectivity index (χ1v) is 5.92. The maximum Gasteiger partial charge on any atom is 0.255 e. The highest BCUT2D eigenvalue weighted by molar-refractivity contribution is 5.31. The molecule has 1 aromatic heterocycles. The Morgan fingerprint density at radius 1 is 1.31 bits per heavy atom. The molecule has 3 nitrogen and oxygen atoms in total. The highest BCUT2D eigenvalue weighted by Gasteiger charge is 2.23. The Labute approximate surface area is 96.3 Å². The molecule has 0 atom stereocenters. The molecule has 2 rings (SSSR count). The Kier molecular flexibility index (Phi) is 2.66. The monoisotopic (exact) mass is 220 g/mol. The molecule has 88 valence electrons. The number of nitrogens with two attached hydrogens (primary N) is 1. The molecule has 0 aromatic carbocycles. The Morgan fingerprint density at radius 3 is 2.56 bits per heavy atom. The molecular formula is C13H20N2O. The second-order valence-electron chi connectivity index (χ2n) is 5.32. The van der Waals surface area contributed by atoms with E-state index in [9.17, 15) is 4.79 Å². The van der Waals surface area contributed by atoms with Crippen molar-refractivity contribution in [1.29, 1.82) is 0 Å². The third kappa shape index (κ3) is 1.80. The van der Waals surface area contributed by atoms with Gasteiger partial charge >= 0.3 is 0 Å². The maximum absolute atomic E-state index is 12.2. The minimum Gasteiger partial charge on any atom is -0.322 e. The van der Waals surface area contributed by atoms with Gasteiger partial charge in [-0.15, -0.1) is 0 Å². The molecule has 1 heterocycles. The summed E-state index contributed by atoms with van der Waals surface area (Å²) < 4.78 is 1.79. The highest BCUT2D eigenvalue weighted by Crippen LogP contribution is 2.23. The van der Waals surface area contributed by atoms with Gasteiger partial charge in [0.2, 0.25) is 0 Å². The molecule has 0 aliphatic heterocycles. The molecule has 16 heavy (non-hydrogen) atoms. The quantitative estimate of drug-likeness (QED) is 0.779. The maximum atomic E-state index is 12.2. The van der Waals surface area contributed by atoms with Crippen LogP contribution in [0.5, 0.6) is 0 Å². The van der Waals surface area contributed by atoms with Gasteiger partial charge < -0.3 is 10.3 Å². The van der Waals surface area contributed by atoms with Crippen molar-refractivity contribution in [2.45, 2.75) is 45.1 Å². The van der Waals surface area contributed by atoms with Crippen molar-refractivity contribution < 1.29 is 0 Å². The fourth-order valence-electron chi connectivity index (χ4n) is 2.45. The smallest absolute Gasteiger partial charge is 0.255 e. The van der Waals surface area contributed by atoms with Crippen LogP contribution >= 0.6 is 0 Å². The third-order valence-electron chi connectivity index (χ3n) is 3.43. The normalized spacial score (nSPS) is 16.0. The lowest BCUT2D eigenvalue weighted by Crippen LogP contribution is -2.39. The standard InChI is InChI=1S/C13H20N2O/c1-13(2,14)10-8-9-6-4-5-7-11(9)15(3)12(10)16/h8H,4-7,14H2,1-3H3. The van der Waals surface area contributed by atoms with Gasteiger partial charge in [0.05, 0.1) is 0 Å². The number of hydrogen-bond donors (Lipinski definition) is 1. The predicted octanol–water partition coefficient (Wildman–Crippen LogP) is 1.46. The minimum absolute atomic E-state index is 0.0631. The fourth-order valence-corrected chi connectivity index (χ4v) is 2.45. The van der Waals surface area contributed by atoms with Gasteiger partial charge in [-0.1, -0.05) is 0 Å². The summed E-state index contributed by atoms with van der Waals surface area (Å²) in [5.41, 5.74) is 8.79. The van der Waals surface area contributed by atoms with Crippen molar-refractivity contribution in [3.05, 3.63) is 33.2 Å². The first-order valence-electron chi connectivity index (χ1n) is 5.92. The molecule has 0 bridgehead atoms. The van der Waals surface area contributed by atoms with E-state index in [0.717, 1.165) is 18.4 Å². The Balaban J connectivity index is 2.67. The van der Waals surface area contributed by atoms with E-state index in [0.29, 0.717) is 0 Å². The van der Waals surface area contributed by atoms with E-state index in [-0.39, 0.29) is 5.56 Å². The molecule has 0 amide bonds. The second kappa shape index (κ2) is 3.74. The van der Waals surface area contributed by atoms with E-state index in [1.165, 1.54) is 24.1 Å².